The summed E-state index contributed by atoms with van der Waals surface area (Å²) in [5, 5.41) is 16.7. The highest BCUT2D eigenvalue weighted by atomic mass is 16.5. The molecule has 190 valence electrons. The number of aromatic hydroxyl groups is 1. The van der Waals surface area contributed by atoms with E-state index < -0.39 is 5.97 Å². The van der Waals surface area contributed by atoms with Crippen molar-refractivity contribution in [2.75, 3.05) is 17.7 Å². The number of anilines is 2. The van der Waals surface area contributed by atoms with Crippen LogP contribution in [0.3, 0.4) is 0 Å². The van der Waals surface area contributed by atoms with Crippen LogP contribution in [0, 0.1) is 5.92 Å². The molecule has 0 spiro atoms. The molecule has 1 aliphatic rings. The van der Waals surface area contributed by atoms with Crippen LogP contribution in [0.5, 0.6) is 5.75 Å². The first-order chi connectivity index (χ1) is 18.0. The van der Waals surface area contributed by atoms with Gasteiger partial charge in [-0.15, -0.1) is 0 Å². The Bertz CT molecular complexity index is 1430. The molecule has 1 aliphatic carbocycles. The molecule has 3 aromatic heterocycles. The molecule has 9 nitrogen and oxygen atoms in total. The van der Waals surface area contributed by atoms with Crippen LogP contribution < -0.4 is 10.6 Å². The third-order valence-corrected chi connectivity index (χ3v) is 6.73. The van der Waals surface area contributed by atoms with Crippen molar-refractivity contribution in [2.24, 2.45) is 5.92 Å². The van der Waals surface area contributed by atoms with Gasteiger partial charge in [0.15, 0.2) is 5.69 Å². The maximum atomic E-state index is 13.0. The number of ether oxygens (including phenoxy) is 1. The maximum absolute atomic E-state index is 13.0. The van der Waals surface area contributed by atoms with Crippen molar-refractivity contribution in [1.29, 1.82) is 0 Å². The smallest absolute Gasteiger partial charge is 0.356 e. The Morgan fingerprint density at radius 1 is 1.14 bits per heavy atom. The molecule has 0 aliphatic heterocycles. The van der Waals surface area contributed by atoms with E-state index in [-0.39, 0.29) is 23.3 Å². The minimum Gasteiger partial charge on any atom is -0.508 e. The second-order valence-electron chi connectivity index (χ2n) is 9.17. The number of nitrogens with zero attached hydrogens (tertiary/aromatic N) is 3. The summed E-state index contributed by atoms with van der Waals surface area (Å²) in [7, 11) is 1.33. The van der Waals surface area contributed by atoms with Crippen LogP contribution in [-0.2, 0) is 29.0 Å². The topological polar surface area (TPSA) is 118 Å². The minimum atomic E-state index is -0.544. The molecule has 0 radical (unpaired) electrons. The van der Waals surface area contributed by atoms with E-state index in [1.165, 1.54) is 7.11 Å². The summed E-state index contributed by atoms with van der Waals surface area (Å²) in [6.45, 7) is 0.899. The Morgan fingerprint density at radius 2 is 2.00 bits per heavy atom. The van der Waals surface area contributed by atoms with E-state index in [1.54, 1.807) is 35.2 Å². The van der Waals surface area contributed by atoms with Crippen LogP contribution in [0.15, 0.2) is 60.9 Å². The summed E-state index contributed by atoms with van der Waals surface area (Å²) in [5.41, 5.74) is 3.75. The zero-order valence-electron chi connectivity index (χ0n) is 20.6. The number of amides is 1. The second kappa shape index (κ2) is 10.7. The van der Waals surface area contributed by atoms with E-state index in [0.29, 0.717) is 41.9 Å². The average Bonchev–Trinajstić information content (AvgIpc) is 3.17. The highest BCUT2D eigenvalue weighted by molar-refractivity contribution is 6.11. The number of phenolic OH excluding ortho intramolecular Hbond substituents is 1. The summed E-state index contributed by atoms with van der Waals surface area (Å²) in [6.07, 6.45) is 6.71. The molecule has 0 saturated heterocycles. The van der Waals surface area contributed by atoms with E-state index in [0.717, 1.165) is 30.5 Å². The van der Waals surface area contributed by atoms with E-state index in [1.807, 2.05) is 30.3 Å². The van der Waals surface area contributed by atoms with Gasteiger partial charge in [0.1, 0.15) is 11.4 Å². The van der Waals surface area contributed by atoms with Crippen molar-refractivity contribution in [3.05, 3.63) is 77.9 Å². The number of nitrogens with one attached hydrogen (secondary N) is 2. The number of aromatic nitrogens is 3. The first kappa shape index (κ1) is 24.3. The first-order valence-corrected chi connectivity index (χ1v) is 12.4. The Balaban J connectivity index is 1.53. The Kier molecular flexibility index (Phi) is 7.02. The molecule has 4 aromatic rings. The fraction of sp³-hybridized carbons (Fsp3) is 0.286. The Hall–Kier alpha value is -4.40. The molecule has 1 aromatic carbocycles. The molecule has 1 saturated carbocycles. The number of carbonyl (C=O) groups excluding carboxylic acids is 2. The minimum absolute atomic E-state index is 0.0579. The number of phenols is 1. The quantitative estimate of drug-likeness (QED) is 0.290. The number of pyridine rings is 2. The molecule has 0 bridgehead atoms. The van der Waals surface area contributed by atoms with Crippen molar-refractivity contribution < 1.29 is 19.4 Å². The van der Waals surface area contributed by atoms with Crippen LogP contribution >= 0.6 is 0 Å². The number of hydrogen-bond acceptors (Lipinski definition) is 7. The summed E-state index contributed by atoms with van der Waals surface area (Å²) in [6, 6.07) is 14.6. The number of fused-ring (bicyclic) bond motifs is 1. The maximum Gasteiger partial charge on any atom is 0.356 e. The predicted octanol–water partition coefficient (Wildman–Crippen LogP) is 4.52. The van der Waals surface area contributed by atoms with Crippen molar-refractivity contribution in [1.82, 2.24) is 14.5 Å². The molecule has 3 N–H and O–H groups in total. The van der Waals surface area contributed by atoms with Gasteiger partial charge in [-0.25, -0.2) is 9.78 Å². The van der Waals surface area contributed by atoms with Gasteiger partial charge in [0.2, 0.25) is 5.91 Å². The van der Waals surface area contributed by atoms with Gasteiger partial charge in [0.25, 0.3) is 0 Å². The Morgan fingerprint density at radius 3 is 2.70 bits per heavy atom. The van der Waals surface area contributed by atoms with Gasteiger partial charge in [-0.2, -0.15) is 0 Å². The predicted molar refractivity (Wildman–Crippen MR) is 140 cm³/mol. The van der Waals surface area contributed by atoms with Crippen LogP contribution in [0.4, 0.5) is 11.4 Å². The van der Waals surface area contributed by atoms with Gasteiger partial charge in [0.05, 0.1) is 24.7 Å². The number of rotatable bonds is 9. The number of carbonyl (C=O) groups is 2. The lowest BCUT2D eigenvalue weighted by Crippen LogP contribution is -2.29. The van der Waals surface area contributed by atoms with Gasteiger partial charge in [-0.1, -0.05) is 24.6 Å². The van der Waals surface area contributed by atoms with Crippen LogP contribution in [0.1, 0.15) is 41.0 Å². The molecule has 0 atom stereocenters. The zero-order chi connectivity index (χ0) is 25.8. The SMILES string of the molecule is COC(=O)c1c(NC(=O)C2CCC2)c2cc(NCc3cccc(O)c3)cnc2n1CCc1ccccn1. The summed E-state index contributed by atoms with van der Waals surface area (Å²) in [4.78, 5) is 35.1. The van der Waals surface area contributed by atoms with Crippen LogP contribution in [0.25, 0.3) is 11.0 Å². The molecule has 3 heterocycles. The van der Waals surface area contributed by atoms with Gasteiger partial charge >= 0.3 is 5.97 Å². The molecule has 1 fully saturated rings. The molecular weight excluding hydrogens is 470 g/mol. The van der Waals surface area contributed by atoms with Crippen molar-refractivity contribution >= 4 is 34.3 Å². The largest absolute Gasteiger partial charge is 0.508 e. The fourth-order valence-electron chi connectivity index (χ4n) is 4.51. The molecule has 1 amide bonds. The zero-order valence-corrected chi connectivity index (χ0v) is 20.6. The number of hydrogen-bond donors (Lipinski definition) is 3. The second-order valence-corrected chi connectivity index (χ2v) is 9.17. The van der Waals surface area contributed by atoms with Gasteiger partial charge in [-0.05, 0) is 48.7 Å². The summed E-state index contributed by atoms with van der Waals surface area (Å²) in [5.74, 6) is -0.505. The molecule has 5 rings (SSSR count). The first-order valence-electron chi connectivity index (χ1n) is 12.4. The third kappa shape index (κ3) is 5.25. The molecular formula is C28H29N5O4. The lowest BCUT2D eigenvalue weighted by molar-refractivity contribution is -0.122. The number of aryl methyl sites for hydroxylation is 2. The lowest BCUT2D eigenvalue weighted by Gasteiger charge is -2.24. The van der Waals surface area contributed by atoms with Gasteiger partial charge < -0.3 is 25.0 Å². The lowest BCUT2D eigenvalue weighted by atomic mass is 9.85. The number of esters is 1. The Labute approximate surface area is 214 Å². The van der Waals surface area contributed by atoms with E-state index >= 15 is 0 Å². The fourth-order valence-corrected chi connectivity index (χ4v) is 4.51. The van der Waals surface area contributed by atoms with E-state index in [4.69, 9.17) is 4.74 Å². The van der Waals surface area contributed by atoms with Gasteiger partial charge in [0, 0.05) is 42.7 Å². The van der Waals surface area contributed by atoms with Crippen LogP contribution in [0.2, 0.25) is 0 Å². The highest BCUT2D eigenvalue weighted by Crippen LogP contribution is 2.35. The van der Waals surface area contributed by atoms with Crippen molar-refractivity contribution in [2.45, 2.75) is 38.8 Å². The third-order valence-electron chi connectivity index (χ3n) is 6.73. The van der Waals surface area contributed by atoms with Gasteiger partial charge in [-0.3, -0.25) is 9.78 Å². The van der Waals surface area contributed by atoms with Crippen LogP contribution in [-0.4, -0.2) is 38.6 Å². The summed E-state index contributed by atoms with van der Waals surface area (Å²) >= 11 is 0. The highest BCUT2D eigenvalue weighted by Gasteiger charge is 2.30. The standard InChI is InChI=1S/C28H29N5O4/c1-37-28(36)25-24(32-27(35)19-7-5-8-19)23-15-21(30-16-18-6-4-10-22(34)14-18)17-31-26(23)33(25)13-11-20-9-2-3-12-29-20/h2-4,6,9-10,12,14-15,17,19,30,34H,5,7-8,11,13,16H2,1H3,(H,32,35). The van der Waals surface area contributed by atoms with Crippen molar-refractivity contribution in [3.8, 4) is 5.75 Å². The van der Waals surface area contributed by atoms with E-state index in [9.17, 15) is 14.7 Å². The summed E-state index contributed by atoms with van der Waals surface area (Å²) < 4.78 is 6.93. The molecule has 9 heteroatoms. The molecule has 37 heavy (non-hydrogen) atoms. The molecule has 0 unspecified atom stereocenters. The van der Waals surface area contributed by atoms with E-state index in [2.05, 4.69) is 20.6 Å². The van der Waals surface area contributed by atoms with Crippen molar-refractivity contribution in [3.63, 3.8) is 0 Å². The number of benzene rings is 1. The normalized spacial score (nSPS) is 13.2. The monoisotopic (exact) mass is 499 g/mol. The average molecular weight is 500 g/mol. The number of methoxy groups -OCH3 is 1.